The van der Waals surface area contributed by atoms with Crippen LogP contribution >= 0.6 is 24.0 Å². The zero-order chi connectivity index (χ0) is 22.9. The Hall–Kier alpha value is -2.59. The molecule has 1 fully saturated rings. The molecule has 34 heavy (non-hydrogen) atoms. The number of aryl methyl sites for hydroxylation is 1. The third-order valence-corrected chi connectivity index (χ3v) is 5.61. The van der Waals surface area contributed by atoms with Crippen molar-refractivity contribution in [2.24, 2.45) is 4.99 Å². The van der Waals surface area contributed by atoms with Crippen molar-refractivity contribution in [2.75, 3.05) is 19.8 Å². The third-order valence-electron chi connectivity index (χ3n) is 5.61. The highest BCUT2D eigenvalue weighted by Crippen LogP contribution is 2.24. The monoisotopic (exact) mass is 575 g/mol. The lowest BCUT2D eigenvalue weighted by Gasteiger charge is -2.17. The SMILES string of the molecule is CCNC(=NCc1ccc(C)cc1OC1CCOC1)NCc1ccccc1Cn1cccn1.I. The Labute approximate surface area is 219 Å². The number of rotatable bonds is 9. The highest BCUT2D eigenvalue weighted by atomic mass is 127. The second kappa shape index (κ2) is 13.3. The third kappa shape index (κ3) is 7.46. The molecule has 1 saturated heterocycles. The first-order valence-corrected chi connectivity index (χ1v) is 11.6. The average Bonchev–Trinajstić information content (AvgIpc) is 3.52. The fourth-order valence-electron chi connectivity index (χ4n) is 3.83. The van der Waals surface area contributed by atoms with Crippen LogP contribution in [0, 0.1) is 6.92 Å². The number of halogens is 1. The molecule has 0 aliphatic carbocycles. The van der Waals surface area contributed by atoms with E-state index in [1.165, 1.54) is 16.7 Å². The van der Waals surface area contributed by atoms with Crippen LogP contribution in [0.2, 0.25) is 0 Å². The van der Waals surface area contributed by atoms with Crippen LogP contribution in [0.25, 0.3) is 0 Å². The maximum Gasteiger partial charge on any atom is 0.191 e. The largest absolute Gasteiger partial charge is 0.488 e. The second-order valence-corrected chi connectivity index (χ2v) is 8.24. The van der Waals surface area contributed by atoms with Gasteiger partial charge in [-0.25, -0.2) is 4.99 Å². The maximum atomic E-state index is 6.23. The maximum absolute atomic E-state index is 6.23. The molecule has 0 amide bonds. The van der Waals surface area contributed by atoms with Crippen molar-refractivity contribution in [3.05, 3.63) is 83.2 Å². The first kappa shape index (κ1) is 26.0. The summed E-state index contributed by atoms with van der Waals surface area (Å²) in [6.07, 6.45) is 4.83. The second-order valence-electron chi connectivity index (χ2n) is 8.24. The molecule has 1 atom stereocenters. The Balaban J connectivity index is 0.00000324. The van der Waals surface area contributed by atoms with E-state index in [1.54, 1.807) is 6.20 Å². The molecule has 0 radical (unpaired) electrons. The molecule has 2 aromatic carbocycles. The van der Waals surface area contributed by atoms with Crippen LogP contribution in [0.3, 0.4) is 0 Å². The Morgan fingerprint density at radius 1 is 1.15 bits per heavy atom. The van der Waals surface area contributed by atoms with E-state index in [1.807, 2.05) is 16.9 Å². The van der Waals surface area contributed by atoms with Gasteiger partial charge in [-0.1, -0.05) is 36.4 Å². The van der Waals surface area contributed by atoms with E-state index in [-0.39, 0.29) is 30.1 Å². The van der Waals surface area contributed by atoms with Crippen LogP contribution in [-0.2, 0) is 24.4 Å². The lowest BCUT2D eigenvalue weighted by atomic mass is 10.1. The van der Waals surface area contributed by atoms with Gasteiger partial charge in [-0.3, -0.25) is 4.68 Å². The number of aliphatic imine (C=N–C) groups is 1. The molecule has 0 bridgehead atoms. The summed E-state index contributed by atoms with van der Waals surface area (Å²) in [7, 11) is 0. The minimum atomic E-state index is 0. The summed E-state index contributed by atoms with van der Waals surface area (Å²) in [6.45, 7) is 8.32. The molecule has 1 unspecified atom stereocenters. The number of nitrogens with one attached hydrogen (secondary N) is 2. The van der Waals surface area contributed by atoms with Gasteiger partial charge in [0.2, 0.25) is 0 Å². The molecular formula is C26H34IN5O2. The minimum absolute atomic E-state index is 0. The van der Waals surface area contributed by atoms with Gasteiger partial charge in [0.1, 0.15) is 11.9 Å². The standard InChI is InChI=1S/C26H33N5O2.HI/c1-3-27-26(28-16-21-7-4-5-8-23(21)18-31-13-6-12-30-31)29-17-22-10-9-20(2)15-25(22)33-24-11-14-32-19-24;/h4-10,12-13,15,24H,3,11,14,16-19H2,1-2H3,(H2,27,28,29);1H. The first-order chi connectivity index (χ1) is 16.2. The van der Waals surface area contributed by atoms with Gasteiger partial charge in [0.05, 0.1) is 26.3 Å². The average molecular weight is 575 g/mol. The quantitative estimate of drug-likeness (QED) is 0.227. The number of aromatic nitrogens is 2. The van der Waals surface area contributed by atoms with E-state index in [4.69, 9.17) is 14.5 Å². The molecule has 4 rings (SSSR count). The van der Waals surface area contributed by atoms with Crippen molar-refractivity contribution >= 4 is 29.9 Å². The van der Waals surface area contributed by atoms with Crippen LogP contribution in [-0.4, -0.2) is 41.6 Å². The summed E-state index contributed by atoms with van der Waals surface area (Å²) in [6, 6.07) is 16.7. The van der Waals surface area contributed by atoms with Gasteiger partial charge >= 0.3 is 0 Å². The fourth-order valence-corrected chi connectivity index (χ4v) is 3.83. The van der Waals surface area contributed by atoms with E-state index in [9.17, 15) is 0 Å². The van der Waals surface area contributed by atoms with E-state index in [0.29, 0.717) is 19.7 Å². The minimum Gasteiger partial charge on any atom is -0.488 e. The Bertz CT molecular complexity index is 1050. The van der Waals surface area contributed by atoms with Crippen molar-refractivity contribution in [1.82, 2.24) is 20.4 Å². The molecule has 8 heteroatoms. The summed E-state index contributed by atoms with van der Waals surface area (Å²) in [5, 5.41) is 11.2. The molecule has 0 saturated carbocycles. The van der Waals surface area contributed by atoms with Gasteiger partial charge in [0.15, 0.2) is 5.96 Å². The van der Waals surface area contributed by atoms with Crippen LogP contribution in [0.4, 0.5) is 0 Å². The van der Waals surface area contributed by atoms with Crippen molar-refractivity contribution in [3.8, 4) is 5.75 Å². The van der Waals surface area contributed by atoms with Gasteiger partial charge in [0, 0.05) is 37.5 Å². The number of benzene rings is 2. The molecular weight excluding hydrogens is 541 g/mol. The number of hydrogen-bond donors (Lipinski definition) is 2. The summed E-state index contributed by atoms with van der Waals surface area (Å²) in [4.78, 5) is 4.83. The predicted octanol–water partition coefficient (Wildman–Crippen LogP) is 4.28. The molecule has 182 valence electrons. The van der Waals surface area contributed by atoms with Crippen LogP contribution in [0.5, 0.6) is 5.75 Å². The Morgan fingerprint density at radius 2 is 2.00 bits per heavy atom. The van der Waals surface area contributed by atoms with Crippen LogP contribution in [0.1, 0.15) is 35.6 Å². The topological polar surface area (TPSA) is 72.7 Å². The van der Waals surface area contributed by atoms with Gasteiger partial charge in [-0.05, 0) is 42.7 Å². The van der Waals surface area contributed by atoms with E-state index in [0.717, 1.165) is 43.4 Å². The van der Waals surface area contributed by atoms with Gasteiger partial charge in [-0.2, -0.15) is 5.10 Å². The predicted molar refractivity (Wildman–Crippen MR) is 146 cm³/mol. The molecule has 1 aliphatic heterocycles. The zero-order valence-electron chi connectivity index (χ0n) is 19.9. The lowest BCUT2D eigenvalue weighted by molar-refractivity contribution is 0.140. The van der Waals surface area contributed by atoms with Crippen molar-refractivity contribution in [1.29, 1.82) is 0 Å². The van der Waals surface area contributed by atoms with E-state index in [2.05, 4.69) is 72.0 Å². The fraction of sp³-hybridized carbons (Fsp3) is 0.385. The molecule has 7 nitrogen and oxygen atoms in total. The summed E-state index contributed by atoms with van der Waals surface area (Å²) >= 11 is 0. The van der Waals surface area contributed by atoms with Crippen molar-refractivity contribution in [3.63, 3.8) is 0 Å². The Kier molecular flexibility index (Phi) is 10.2. The molecule has 0 spiro atoms. The van der Waals surface area contributed by atoms with Crippen LogP contribution < -0.4 is 15.4 Å². The highest BCUT2D eigenvalue weighted by Gasteiger charge is 2.18. The number of hydrogen-bond acceptors (Lipinski definition) is 4. The molecule has 1 aliphatic rings. The summed E-state index contributed by atoms with van der Waals surface area (Å²) in [5.41, 5.74) is 4.70. The van der Waals surface area contributed by atoms with Crippen molar-refractivity contribution < 1.29 is 9.47 Å². The highest BCUT2D eigenvalue weighted by molar-refractivity contribution is 14.0. The summed E-state index contributed by atoms with van der Waals surface area (Å²) in [5.74, 6) is 1.68. The molecule has 2 heterocycles. The van der Waals surface area contributed by atoms with Gasteiger partial charge in [0.25, 0.3) is 0 Å². The summed E-state index contributed by atoms with van der Waals surface area (Å²) < 4.78 is 13.6. The van der Waals surface area contributed by atoms with Crippen molar-refractivity contribution in [2.45, 2.75) is 46.0 Å². The molecule has 3 aromatic rings. The van der Waals surface area contributed by atoms with E-state index < -0.39 is 0 Å². The normalized spacial score (nSPS) is 15.6. The number of guanidine groups is 1. The molecule has 1 aromatic heterocycles. The smallest absolute Gasteiger partial charge is 0.191 e. The number of ether oxygens (including phenoxy) is 2. The van der Waals surface area contributed by atoms with E-state index >= 15 is 0 Å². The zero-order valence-corrected chi connectivity index (χ0v) is 22.2. The van der Waals surface area contributed by atoms with Gasteiger partial charge < -0.3 is 20.1 Å². The van der Waals surface area contributed by atoms with Crippen LogP contribution in [0.15, 0.2) is 65.9 Å². The Morgan fingerprint density at radius 3 is 2.74 bits per heavy atom. The first-order valence-electron chi connectivity index (χ1n) is 11.6. The number of nitrogens with zero attached hydrogens (tertiary/aromatic N) is 3. The lowest BCUT2D eigenvalue weighted by Crippen LogP contribution is -2.37. The molecule has 2 N–H and O–H groups in total. The van der Waals surface area contributed by atoms with Gasteiger partial charge in [-0.15, -0.1) is 24.0 Å².